The number of aliphatic hydroxyl groups excluding tert-OH is 1. The van der Waals surface area contributed by atoms with E-state index in [1.165, 1.54) is 4.57 Å². The smallest absolute Gasteiger partial charge is 0.262 e. The number of nitrogens with zero attached hydrogens (tertiary/aromatic N) is 1. The number of carbonyl (C=O) groups excluding carboxylic acids is 2. The first-order valence-electron chi connectivity index (χ1n) is 6.64. The fraction of sp³-hybridized carbons (Fsp3) is 0.133. The fourth-order valence-corrected chi connectivity index (χ4v) is 2.49. The average Bonchev–Trinajstić information content (AvgIpc) is 2.76. The molecular formula is C15H13N3O4. The second kappa shape index (κ2) is 5.12. The Kier molecular flexibility index (Phi) is 3.26. The third-order valence-corrected chi connectivity index (χ3v) is 3.55. The maximum absolute atomic E-state index is 12.2. The standard InChI is InChI=1S/C15H13N3O4/c16-13-12-10(14(21)17-15(12)22)7-11(20)18(13)9-3-1-8(2-4-9)5-6-19/h1-4,7,19H,5-6,16H2,(H,17,21,22). The Morgan fingerprint density at radius 2 is 1.77 bits per heavy atom. The van der Waals surface area contributed by atoms with Gasteiger partial charge in [0.15, 0.2) is 0 Å². The van der Waals surface area contributed by atoms with Crippen molar-refractivity contribution in [2.45, 2.75) is 6.42 Å². The first kappa shape index (κ1) is 14.0. The molecule has 0 radical (unpaired) electrons. The van der Waals surface area contributed by atoms with Gasteiger partial charge in [-0.3, -0.25) is 24.3 Å². The van der Waals surface area contributed by atoms with Gasteiger partial charge in [0.1, 0.15) is 5.82 Å². The zero-order chi connectivity index (χ0) is 15.9. The van der Waals surface area contributed by atoms with Gasteiger partial charge >= 0.3 is 0 Å². The molecule has 1 aliphatic heterocycles. The number of anilines is 1. The molecule has 0 aliphatic carbocycles. The fourth-order valence-electron chi connectivity index (χ4n) is 2.49. The van der Waals surface area contributed by atoms with Gasteiger partial charge in [-0.15, -0.1) is 0 Å². The highest BCUT2D eigenvalue weighted by Gasteiger charge is 2.31. The molecule has 0 bridgehead atoms. The van der Waals surface area contributed by atoms with Crippen LogP contribution in [0.4, 0.5) is 5.82 Å². The van der Waals surface area contributed by atoms with E-state index in [2.05, 4.69) is 5.32 Å². The lowest BCUT2D eigenvalue weighted by Crippen LogP contribution is -2.24. The van der Waals surface area contributed by atoms with Crippen LogP contribution in [0.2, 0.25) is 0 Å². The van der Waals surface area contributed by atoms with E-state index in [-0.39, 0.29) is 23.6 Å². The molecule has 2 heterocycles. The van der Waals surface area contributed by atoms with Crippen molar-refractivity contribution < 1.29 is 14.7 Å². The highest BCUT2D eigenvalue weighted by molar-refractivity contribution is 6.23. The predicted octanol–water partition coefficient (Wildman–Crippen LogP) is -0.162. The Balaban J connectivity index is 2.16. The third-order valence-electron chi connectivity index (χ3n) is 3.55. The van der Waals surface area contributed by atoms with Gasteiger partial charge in [0.05, 0.1) is 16.8 Å². The number of fused-ring (bicyclic) bond motifs is 1. The molecule has 1 aromatic heterocycles. The maximum atomic E-state index is 12.2. The molecule has 1 aliphatic rings. The third kappa shape index (κ3) is 2.08. The van der Waals surface area contributed by atoms with Crippen LogP contribution in [0.15, 0.2) is 35.1 Å². The molecule has 0 saturated heterocycles. The maximum Gasteiger partial charge on any atom is 0.262 e. The zero-order valence-corrected chi connectivity index (χ0v) is 11.5. The lowest BCUT2D eigenvalue weighted by atomic mass is 10.1. The number of carbonyl (C=O) groups is 2. The molecular weight excluding hydrogens is 286 g/mol. The summed E-state index contributed by atoms with van der Waals surface area (Å²) in [5, 5.41) is 11.0. The van der Waals surface area contributed by atoms with Crippen LogP contribution in [0.1, 0.15) is 26.3 Å². The van der Waals surface area contributed by atoms with Gasteiger partial charge in [-0.2, -0.15) is 0 Å². The predicted molar refractivity (Wildman–Crippen MR) is 79.0 cm³/mol. The summed E-state index contributed by atoms with van der Waals surface area (Å²) in [7, 11) is 0. The summed E-state index contributed by atoms with van der Waals surface area (Å²) in [5.41, 5.74) is 6.85. The number of nitrogens with one attached hydrogen (secondary N) is 1. The van der Waals surface area contributed by atoms with E-state index in [0.29, 0.717) is 12.1 Å². The zero-order valence-electron chi connectivity index (χ0n) is 11.5. The first-order chi connectivity index (χ1) is 10.5. The summed E-state index contributed by atoms with van der Waals surface area (Å²) >= 11 is 0. The number of hydrogen-bond acceptors (Lipinski definition) is 5. The molecule has 2 aromatic rings. The van der Waals surface area contributed by atoms with Crippen molar-refractivity contribution in [3.05, 3.63) is 57.4 Å². The number of hydrogen-bond donors (Lipinski definition) is 3. The van der Waals surface area contributed by atoms with Crippen LogP contribution in [0.3, 0.4) is 0 Å². The van der Waals surface area contributed by atoms with Crippen LogP contribution < -0.4 is 16.6 Å². The van der Waals surface area contributed by atoms with Gasteiger partial charge in [-0.1, -0.05) is 12.1 Å². The number of amides is 2. The number of nitrogen functional groups attached to an aromatic ring is 1. The summed E-state index contributed by atoms with van der Waals surface area (Å²) in [6, 6.07) is 7.97. The van der Waals surface area contributed by atoms with Crippen LogP contribution in [0.25, 0.3) is 5.69 Å². The van der Waals surface area contributed by atoms with Crippen molar-refractivity contribution in [2.24, 2.45) is 0 Å². The lowest BCUT2D eigenvalue weighted by Gasteiger charge is -2.12. The van der Waals surface area contributed by atoms with Crippen LogP contribution in [-0.4, -0.2) is 28.1 Å². The number of nitrogens with two attached hydrogens (primary N) is 1. The van der Waals surface area contributed by atoms with Gasteiger partial charge in [0, 0.05) is 12.7 Å². The Labute approximate surface area is 125 Å². The van der Waals surface area contributed by atoms with E-state index in [1.54, 1.807) is 24.3 Å². The van der Waals surface area contributed by atoms with Gasteiger partial charge in [-0.25, -0.2) is 0 Å². The van der Waals surface area contributed by atoms with Crippen molar-refractivity contribution in [3.63, 3.8) is 0 Å². The monoisotopic (exact) mass is 299 g/mol. The summed E-state index contributed by atoms with van der Waals surface area (Å²) in [6.45, 7) is 0.0303. The largest absolute Gasteiger partial charge is 0.396 e. The van der Waals surface area contributed by atoms with Gasteiger partial charge < -0.3 is 10.8 Å². The van der Waals surface area contributed by atoms with Gasteiger partial charge in [-0.05, 0) is 24.1 Å². The second-order valence-corrected chi connectivity index (χ2v) is 4.92. The van der Waals surface area contributed by atoms with E-state index in [0.717, 1.165) is 11.6 Å². The molecule has 0 saturated carbocycles. The van der Waals surface area contributed by atoms with Crippen molar-refractivity contribution in [3.8, 4) is 5.69 Å². The van der Waals surface area contributed by atoms with E-state index < -0.39 is 17.4 Å². The highest BCUT2D eigenvalue weighted by atomic mass is 16.3. The Bertz CT molecular complexity index is 837. The summed E-state index contributed by atoms with van der Waals surface area (Å²) in [4.78, 5) is 35.6. The molecule has 1 aromatic carbocycles. The minimum absolute atomic E-state index is 0.000602. The van der Waals surface area contributed by atoms with Gasteiger partial charge in [0.2, 0.25) is 0 Å². The molecule has 112 valence electrons. The van der Waals surface area contributed by atoms with E-state index in [4.69, 9.17) is 10.8 Å². The molecule has 3 rings (SSSR count). The molecule has 0 spiro atoms. The summed E-state index contributed by atoms with van der Waals surface area (Å²) in [5.74, 6) is -1.29. The molecule has 22 heavy (non-hydrogen) atoms. The topological polar surface area (TPSA) is 114 Å². The molecule has 7 nitrogen and oxygen atoms in total. The summed E-state index contributed by atoms with van der Waals surface area (Å²) in [6.07, 6.45) is 0.506. The Morgan fingerprint density at radius 1 is 1.09 bits per heavy atom. The van der Waals surface area contributed by atoms with Crippen LogP contribution in [-0.2, 0) is 6.42 Å². The van der Waals surface area contributed by atoms with E-state index >= 15 is 0 Å². The minimum atomic E-state index is -0.616. The van der Waals surface area contributed by atoms with Crippen molar-refractivity contribution in [1.82, 2.24) is 9.88 Å². The second-order valence-electron chi connectivity index (χ2n) is 4.92. The average molecular weight is 299 g/mol. The molecule has 2 amide bonds. The number of aromatic nitrogens is 1. The molecule has 4 N–H and O–H groups in total. The quantitative estimate of drug-likeness (QED) is 0.681. The van der Waals surface area contributed by atoms with Crippen molar-refractivity contribution in [1.29, 1.82) is 0 Å². The molecule has 0 unspecified atom stereocenters. The van der Waals surface area contributed by atoms with Gasteiger partial charge in [0.25, 0.3) is 17.4 Å². The number of benzene rings is 1. The summed E-state index contributed by atoms with van der Waals surface area (Å²) < 4.78 is 1.18. The van der Waals surface area contributed by atoms with E-state index in [9.17, 15) is 14.4 Å². The Hall–Kier alpha value is -2.93. The minimum Gasteiger partial charge on any atom is -0.396 e. The number of pyridine rings is 1. The highest BCUT2D eigenvalue weighted by Crippen LogP contribution is 2.22. The first-order valence-corrected chi connectivity index (χ1v) is 6.64. The van der Waals surface area contributed by atoms with Crippen LogP contribution in [0.5, 0.6) is 0 Å². The molecule has 0 fully saturated rings. The van der Waals surface area contributed by atoms with Crippen molar-refractivity contribution in [2.75, 3.05) is 12.3 Å². The normalized spacial score (nSPS) is 13.1. The van der Waals surface area contributed by atoms with E-state index in [1.807, 2.05) is 0 Å². The van der Waals surface area contributed by atoms with Crippen LogP contribution in [0, 0.1) is 0 Å². The molecule has 0 atom stereocenters. The SMILES string of the molecule is Nc1c2c(cc(=O)n1-c1ccc(CCO)cc1)C(=O)NC2=O. The molecule has 7 heteroatoms. The van der Waals surface area contributed by atoms with Crippen LogP contribution >= 0.6 is 0 Å². The van der Waals surface area contributed by atoms with Crippen molar-refractivity contribution >= 4 is 17.6 Å². The number of aliphatic hydroxyl groups is 1. The lowest BCUT2D eigenvalue weighted by molar-refractivity contribution is 0.0880. The number of imide groups is 1. The number of rotatable bonds is 3. The Morgan fingerprint density at radius 3 is 2.41 bits per heavy atom.